The fourth-order valence-corrected chi connectivity index (χ4v) is 2.44. The largest absolute Gasteiger partial charge is 0.475 e. The molecule has 0 saturated carbocycles. The molecule has 0 fully saturated rings. The summed E-state index contributed by atoms with van der Waals surface area (Å²) in [7, 11) is 0. The van der Waals surface area contributed by atoms with Crippen molar-refractivity contribution in [1.29, 1.82) is 0 Å². The molecule has 1 atom stereocenters. The third kappa shape index (κ3) is 6.63. The molecule has 3 rings (SSSR count). The second kappa shape index (κ2) is 10.6. The zero-order valence-electron chi connectivity index (χ0n) is 15.5. The quantitative estimate of drug-likeness (QED) is 0.493. The van der Waals surface area contributed by atoms with Gasteiger partial charge in [0.25, 0.3) is 0 Å². The summed E-state index contributed by atoms with van der Waals surface area (Å²) >= 11 is 0. The van der Waals surface area contributed by atoms with Crippen molar-refractivity contribution in [2.24, 2.45) is 0 Å². The lowest BCUT2D eigenvalue weighted by Crippen LogP contribution is -2.21. The molecule has 1 N–H and O–H groups in total. The molecule has 0 aliphatic rings. The van der Waals surface area contributed by atoms with Gasteiger partial charge < -0.3 is 18.9 Å². The molecule has 0 saturated heterocycles. The Morgan fingerprint density at radius 2 is 1.81 bits per heavy atom. The summed E-state index contributed by atoms with van der Waals surface area (Å²) in [5.41, 5.74) is 2.05. The van der Waals surface area contributed by atoms with E-state index in [1.165, 1.54) is 0 Å². The van der Waals surface area contributed by atoms with Crippen LogP contribution in [0.15, 0.2) is 48.8 Å². The number of aromatic amines is 1. The van der Waals surface area contributed by atoms with Crippen molar-refractivity contribution in [2.75, 3.05) is 33.0 Å². The average molecular weight is 371 g/mol. The van der Waals surface area contributed by atoms with Gasteiger partial charge in [0, 0.05) is 11.5 Å². The molecule has 0 aliphatic heterocycles. The van der Waals surface area contributed by atoms with Crippen LogP contribution in [0.5, 0.6) is 5.88 Å². The van der Waals surface area contributed by atoms with E-state index in [0.717, 1.165) is 16.5 Å². The van der Waals surface area contributed by atoms with Crippen molar-refractivity contribution in [1.82, 2.24) is 15.2 Å². The van der Waals surface area contributed by atoms with Crippen LogP contribution in [0.25, 0.3) is 10.9 Å². The van der Waals surface area contributed by atoms with Gasteiger partial charge in [-0.1, -0.05) is 30.3 Å². The highest BCUT2D eigenvalue weighted by atomic mass is 16.6. The Morgan fingerprint density at radius 3 is 2.70 bits per heavy atom. The molecule has 7 nitrogen and oxygen atoms in total. The number of H-pyrrole nitrogens is 1. The van der Waals surface area contributed by atoms with Crippen LogP contribution in [0.2, 0.25) is 0 Å². The van der Waals surface area contributed by atoms with Gasteiger partial charge in [-0.05, 0) is 12.5 Å². The van der Waals surface area contributed by atoms with Gasteiger partial charge in [0.15, 0.2) is 0 Å². The molecule has 1 aromatic carbocycles. The minimum absolute atomic E-state index is 0.0511. The molecule has 2 aromatic heterocycles. The molecule has 0 amide bonds. The Balaban J connectivity index is 1.20. The molecule has 0 unspecified atom stereocenters. The van der Waals surface area contributed by atoms with E-state index in [1.807, 2.05) is 43.3 Å². The number of aromatic nitrogens is 3. The zero-order valence-corrected chi connectivity index (χ0v) is 15.5. The van der Waals surface area contributed by atoms with Gasteiger partial charge in [-0.25, -0.2) is 4.98 Å². The van der Waals surface area contributed by atoms with Crippen LogP contribution in [-0.4, -0.2) is 54.3 Å². The third-order valence-corrected chi connectivity index (χ3v) is 3.88. The van der Waals surface area contributed by atoms with E-state index < -0.39 is 0 Å². The molecule has 0 aliphatic carbocycles. The summed E-state index contributed by atoms with van der Waals surface area (Å²) in [6.45, 7) is 5.14. The van der Waals surface area contributed by atoms with Gasteiger partial charge in [-0.2, -0.15) is 5.10 Å². The molecule has 7 heteroatoms. The van der Waals surface area contributed by atoms with Crippen molar-refractivity contribution < 1.29 is 18.9 Å². The lowest BCUT2D eigenvalue weighted by molar-refractivity contribution is -0.0203. The summed E-state index contributed by atoms with van der Waals surface area (Å²) in [6, 6.07) is 11.9. The highest BCUT2D eigenvalue weighted by Crippen LogP contribution is 2.15. The van der Waals surface area contributed by atoms with Crippen LogP contribution in [0.1, 0.15) is 12.5 Å². The Kier molecular flexibility index (Phi) is 7.58. The second-order valence-corrected chi connectivity index (χ2v) is 6.12. The van der Waals surface area contributed by atoms with E-state index in [-0.39, 0.29) is 6.10 Å². The van der Waals surface area contributed by atoms with Gasteiger partial charge in [0.2, 0.25) is 5.88 Å². The maximum absolute atomic E-state index is 5.67. The summed E-state index contributed by atoms with van der Waals surface area (Å²) in [6.07, 6.45) is 3.39. The van der Waals surface area contributed by atoms with Crippen molar-refractivity contribution in [3.8, 4) is 5.88 Å². The summed E-state index contributed by atoms with van der Waals surface area (Å²) < 4.78 is 22.4. The summed E-state index contributed by atoms with van der Waals surface area (Å²) in [4.78, 5) is 4.22. The summed E-state index contributed by atoms with van der Waals surface area (Å²) in [5.74, 6) is 0.561. The smallest absolute Gasteiger partial charge is 0.214 e. The second-order valence-electron chi connectivity index (χ2n) is 6.12. The van der Waals surface area contributed by atoms with Gasteiger partial charge in [0.05, 0.1) is 57.0 Å². The predicted octanol–water partition coefficient (Wildman–Crippen LogP) is 2.98. The fraction of sp³-hybridized carbons (Fsp3) is 0.400. The van der Waals surface area contributed by atoms with Crippen LogP contribution in [-0.2, 0) is 20.8 Å². The number of nitrogens with zero attached hydrogens (tertiary/aromatic N) is 2. The van der Waals surface area contributed by atoms with Gasteiger partial charge in [-0.3, -0.25) is 5.10 Å². The summed E-state index contributed by atoms with van der Waals surface area (Å²) in [5, 5.41) is 7.79. The molecule has 27 heavy (non-hydrogen) atoms. The minimum Gasteiger partial charge on any atom is -0.475 e. The standard InChI is InChI=1S/C20H25N3O4/c1-16(14-27-20-11-18-12-22-23-19(18)13-21-20)26-10-9-24-7-8-25-15-17-5-3-2-4-6-17/h2-6,11-13,16H,7-10,14-15H2,1H3,(H,22,23)/t16-/m0/s1. The minimum atomic E-state index is -0.0511. The van der Waals surface area contributed by atoms with E-state index in [2.05, 4.69) is 15.2 Å². The first kappa shape index (κ1) is 19.3. The predicted molar refractivity (Wildman–Crippen MR) is 102 cm³/mol. The number of pyridine rings is 1. The van der Waals surface area contributed by atoms with Crippen molar-refractivity contribution in [3.63, 3.8) is 0 Å². The SMILES string of the molecule is C[C@@H](COc1cc2cn[nH]c2cn1)OCCOCCOCc1ccccc1. The monoisotopic (exact) mass is 371 g/mol. The first-order valence-electron chi connectivity index (χ1n) is 9.04. The highest BCUT2D eigenvalue weighted by molar-refractivity contribution is 5.77. The van der Waals surface area contributed by atoms with Crippen molar-refractivity contribution in [3.05, 3.63) is 54.4 Å². The van der Waals surface area contributed by atoms with E-state index in [4.69, 9.17) is 18.9 Å². The van der Waals surface area contributed by atoms with Crippen LogP contribution in [0, 0.1) is 0 Å². The first-order valence-corrected chi connectivity index (χ1v) is 9.04. The average Bonchev–Trinajstić information content (AvgIpc) is 3.17. The Hall–Kier alpha value is -2.48. The maximum Gasteiger partial charge on any atom is 0.214 e. The fourth-order valence-electron chi connectivity index (χ4n) is 2.44. The molecule has 0 spiro atoms. The number of hydrogen-bond donors (Lipinski definition) is 1. The Morgan fingerprint density at radius 1 is 1.00 bits per heavy atom. The Bertz CT molecular complexity index is 794. The van der Waals surface area contributed by atoms with Gasteiger partial charge in [-0.15, -0.1) is 0 Å². The number of nitrogens with one attached hydrogen (secondary N) is 1. The lowest BCUT2D eigenvalue weighted by Gasteiger charge is -2.14. The third-order valence-electron chi connectivity index (χ3n) is 3.88. The molecular formula is C20H25N3O4. The number of rotatable bonds is 12. The van der Waals surface area contributed by atoms with Crippen molar-refractivity contribution in [2.45, 2.75) is 19.6 Å². The normalized spacial score (nSPS) is 12.3. The van der Waals surface area contributed by atoms with E-state index in [0.29, 0.717) is 45.5 Å². The van der Waals surface area contributed by atoms with Crippen molar-refractivity contribution >= 4 is 10.9 Å². The van der Waals surface area contributed by atoms with Gasteiger partial charge in [0.1, 0.15) is 6.61 Å². The van der Waals surface area contributed by atoms with Crippen LogP contribution >= 0.6 is 0 Å². The maximum atomic E-state index is 5.67. The molecule has 0 radical (unpaired) electrons. The molecule has 2 heterocycles. The molecule has 0 bridgehead atoms. The van der Waals surface area contributed by atoms with Gasteiger partial charge >= 0.3 is 0 Å². The number of hydrogen-bond acceptors (Lipinski definition) is 6. The first-order chi connectivity index (χ1) is 13.3. The molecule has 3 aromatic rings. The molecular weight excluding hydrogens is 346 g/mol. The number of fused-ring (bicyclic) bond motifs is 1. The van der Waals surface area contributed by atoms with Crippen LogP contribution < -0.4 is 4.74 Å². The molecule has 144 valence electrons. The number of benzene rings is 1. The lowest BCUT2D eigenvalue weighted by atomic mass is 10.2. The van der Waals surface area contributed by atoms with Crippen LogP contribution in [0.4, 0.5) is 0 Å². The zero-order chi connectivity index (χ0) is 18.7. The van der Waals surface area contributed by atoms with Crippen LogP contribution in [0.3, 0.4) is 0 Å². The van der Waals surface area contributed by atoms with E-state index in [1.54, 1.807) is 12.4 Å². The topological polar surface area (TPSA) is 78.5 Å². The van der Waals surface area contributed by atoms with E-state index in [9.17, 15) is 0 Å². The Labute approximate surface area is 158 Å². The highest BCUT2D eigenvalue weighted by Gasteiger charge is 2.06. The number of ether oxygens (including phenoxy) is 4. The van der Waals surface area contributed by atoms with E-state index >= 15 is 0 Å².